The maximum Gasteiger partial charge on any atom is 0.136 e. The van der Waals surface area contributed by atoms with Crippen LogP contribution < -0.4 is 9.80 Å². The average Bonchev–Trinajstić information content (AvgIpc) is 2.69. The number of nitrogens with zero attached hydrogens (tertiary/aromatic N) is 2. The predicted octanol–water partition coefficient (Wildman–Crippen LogP) is 4.81. The van der Waals surface area contributed by atoms with Gasteiger partial charge in [-0.3, -0.25) is 0 Å². The van der Waals surface area contributed by atoms with E-state index in [0.717, 1.165) is 13.0 Å². The number of hydrogen-bond donors (Lipinski definition) is 0. The molecule has 0 amide bonds. The van der Waals surface area contributed by atoms with Crippen LogP contribution in [0.5, 0.6) is 0 Å². The molecule has 3 aliphatic rings. The third-order valence-electron chi connectivity index (χ3n) is 5.86. The number of benzene rings is 2. The zero-order chi connectivity index (χ0) is 14.9. The van der Waals surface area contributed by atoms with Crippen molar-refractivity contribution in [1.82, 2.24) is 0 Å². The Hall–Kier alpha value is -2.22. The second-order valence-corrected chi connectivity index (χ2v) is 6.85. The second-order valence-electron chi connectivity index (χ2n) is 6.85. The highest BCUT2D eigenvalue weighted by molar-refractivity contribution is 5.89. The fourth-order valence-corrected chi connectivity index (χ4v) is 4.70. The summed E-state index contributed by atoms with van der Waals surface area (Å²) in [5.41, 5.74) is 6.73. The van der Waals surface area contributed by atoms with Gasteiger partial charge in [-0.05, 0) is 55.0 Å². The molecule has 0 saturated carbocycles. The Bertz CT molecular complexity index is 794. The highest BCUT2D eigenvalue weighted by Gasteiger charge is 2.52. The highest BCUT2D eigenvalue weighted by Crippen LogP contribution is 2.58. The van der Waals surface area contributed by atoms with Crippen LogP contribution in [0.4, 0.5) is 17.1 Å². The van der Waals surface area contributed by atoms with E-state index in [4.69, 9.17) is 0 Å². The van der Waals surface area contributed by atoms with Gasteiger partial charge in [-0.25, -0.2) is 0 Å². The first-order chi connectivity index (χ1) is 10.7. The molecule has 0 aliphatic carbocycles. The molecule has 3 heterocycles. The Balaban J connectivity index is 1.91. The molecule has 2 heteroatoms. The van der Waals surface area contributed by atoms with Gasteiger partial charge < -0.3 is 9.80 Å². The van der Waals surface area contributed by atoms with Crippen LogP contribution in [0.1, 0.15) is 31.2 Å². The molecule has 0 radical (unpaired) electrons. The molecule has 1 saturated heterocycles. The predicted molar refractivity (Wildman–Crippen MR) is 91.9 cm³/mol. The lowest BCUT2D eigenvalue weighted by Crippen LogP contribution is -2.54. The van der Waals surface area contributed by atoms with Crippen molar-refractivity contribution < 1.29 is 0 Å². The van der Waals surface area contributed by atoms with E-state index in [2.05, 4.69) is 71.8 Å². The van der Waals surface area contributed by atoms with Crippen molar-refractivity contribution in [3.05, 3.63) is 66.2 Å². The Kier molecular flexibility index (Phi) is 2.21. The summed E-state index contributed by atoms with van der Waals surface area (Å²) in [5.74, 6) is 0.590. The van der Waals surface area contributed by atoms with Gasteiger partial charge in [-0.15, -0.1) is 0 Å². The molecule has 0 N–H and O–H groups in total. The molecule has 2 bridgehead atoms. The first kappa shape index (κ1) is 12.3. The van der Waals surface area contributed by atoms with Crippen molar-refractivity contribution in [1.29, 1.82) is 0 Å². The maximum absolute atomic E-state index is 4.51. The molecule has 2 aromatic rings. The molecule has 3 aliphatic heterocycles. The van der Waals surface area contributed by atoms with E-state index in [1.807, 2.05) is 0 Å². The molecular weight excluding hydrogens is 268 g/mol. The lowest BCUT2D eigenvalue weighted by molar-refractivity contribution is 0.527. The zero-order valence-corrected chi connectivity index (χ0v) is 12.9. The first-order valence-corrected chi connectivity index (χ1v) is 8.15. The minimum atomic E-state index is -0.134. The molecule has 2 aromatic carbocycles. The largest absolute Gasteiger partial charge is 0.343 e. The molecular formula is C20H20N2. The van der Waals surface area contributed by atoms with E-state index in [9.17, 15) is 0 Å². The van der Waals surface area contributed by atoms with Gasteiger partial charge in [0.2, 0.25) is 0 Å². The summed E-state index contributed by atoms with van der Waals surface area (Å²) in [5, 5.41) is 0. The lowest BCUT2D eigenvalue weighted by atomic mass is 9.89. The van der Waals surface area contributed by atoms with E-state index in [1.54, 1.807) is 0 Å². The summed E-state index contributed by atoms with van der Waals surface area (Å²) in [6.45, 7) is 7.96. The summed E-state index contributed by atoms with van der Waals surface area (Å²) < 4.78 is 0. The van der Waals surface area contributed by atoms with Crippen LogP contribution in [0.15, 0.2) is 60.7 Å². The number of rotatable bonds is 0. The van der Waals surface area contributed by atoms with Crippen molar-refractivity contribution in [3.8, 4) is 0 Å². The third kappa shape index (κ3) is 1.27. The van der Waals surface area contributed by atoms with E-state index in [1.165, 1.54) is 34.6 Å². The number of fused-ring (bicyclic) bond motifs is 8. The van der Waals surface area contributed by atoms with E-state index >= 15 is 0 Å². The first-order valence-electron chi connectivity index (χ1n) is 8.15. The molecule has 1 unspecified atom stereocenters. The summed E-state index contributed by atoms with van der Waals surface area (Å²) in [4.78, 5) is 5.10. The van der Waals surface area contributed by atoms with Crippen molar-refractivity contribution >= 4 is 17.1 Å². The summed E-state index contributed by atoms with van der Waals surface area (Å²) in [6, 6.07) is 17.8. The van der Waals surface area contributed by atoms with Crippen LogP contribution >= 0.6 is 0 Å². The van der Waals surface area contributed by atoms with Crippen molar-refractivity contribution in [2.75, 3.05) is 16.3 Å². The molecule has 22 heavy (non-hydrogen) atoms. The fraction of sp³-hybridized carbons (Fsp3) is 0.300. The Morgan fingerprint density at radius 1 is 1.00 bits per heavy atom. The van der Waals surface area contributed by atoms with E-state index in [0.29, 0.717) is 5.92 Å². The average molecular weight is 288 g/mol. The molecule has 0 spiro atoms. The monoisotopic (exact) mass is 288 g/mol. The quantitative estimate of drug-likeness (QED) is 0.642. The standard InChI is InChI=1S/C20H20N2/c1-14-13-15-11-12-21-18-9-5-6-10-19(18)22(20(14,21)2)17-8-4-3-7-16(15)17/h3-10,15H,1,11-13H2,2H3/t15?,20-/m1/s1. The van der Waals surface area contributed by atoms with Crippen LogP contribution in [-0.2, 0) is 0 Å². The van der Waals surface area contributed by atoms with Gasteiger partial charge in [0.1, 0.15) is 5.66 Å². The lowest BCUT2D eigenvalue weighted by Gasteiger charge is -2.44. The van der Waals surface area contributed by atoms with Gasteiger partial charge in [0.05, 0.1) is 11.4 Å². The van der Waals surface area contributed by atoms with Crippen LogP contribution in [0, 0.1) is 0 Å². The Labute approximate surface area is 131 Å². The number of anilines is 3. The molecule has 0 aromatic heterocycles. The normalized spacial score (nSPS) is 28.2. The van der Waals surface area contributed by atoms with Crippen LogP contribution in [0.2, 0.25) is 0 Å². The molecule has 2 nitrogen and oxygen atoms in total. The second kappa shape index (κ2) is 3.95. The van der Waals surface area contributed by atoms with Gasteiger partial charge in [0.25, 0.3) is 0 Å². The van der Waals surface area contributed by atoms with Gasteiger partial charge in [-0.1, -0.05) is 36.9 Å². The smallest absolute Gasteiger partial charge is 0.136 e. The van der Waals surface area contributed by atoms with Gasteiger partial charge in [-0.2, -0.15) is 0 Å². The number of para-hydroxylation sites is 3. The number of hydrogen-bond acceptors (Lipinski definition) is 2. The van der Waals surface area contributed by atoms with Crippen molar-refractivity contribution in [2.45, 2.75) is 31.3 Å². The van der Waals surface area contributed by atoms with Crippen LogP contribution in [-0.4, -0.2) is 12.2 Å². The summed E-state index contributed by atoms with van der Waals surface area (Å²) >= 11 is 0. The maximum atomic E-state index is 4.51. The Morgan fingerprint density at radius 3 is 2.50 bits per heavy atom. The van der Waals surface area contributed by atoms with Crippen molar-refractivity contribution in [3.63, 3.8) is 0 Å². The fourth-order valence-electron chi connectivity index (χ4n) is 4.70. The minimum Gasteiger partial charge on any atom is -0.343 e. The highest BCUT2D eigenvalue weighted by atomic mass is 15.5. The summed E-state index contributed by atoms with van der Waals surface area (Å²) in [7, 11) is 0. The Morgan fingerprint density at radius 2 is 1.68 bits per heavy atom. The van der Waals surface area contributed by atoms with E-state index in [-0.39, 0.29) is 5.66 Å². The third-order valence-corrected chi connectivity index (χ3v) is 5.86. The molecule has 2 atom stereocenters. The van der Waals surface area contributed by atoms with Crippen molar-refractivity contribution in [2.24, 2.45) is 0 Å². The van der Waals surface area contributed by atoms with Gasteiger partial charge in [0, 0.05) is 12.2 Å². The minimum absolute atomic E-state index is 0.134. The van der Waals surface area contributed by atoms with Gasteiger partial charge in [0.15, 0.2) is 0 Å². The molecule has 5 rings (SSSR count). The molecule has 110 valence electrons. The van der Waals surface area contributed by atoms with Gasteiger partial charge >= 0.3 is 0 Å². The zero-order valence-electron chi connectivity index (χ0n) is 12.9. The SMILES string of the molecule is C=C1CC2CCN3c4ccccc4N(c4ccccc42)[C@]13C. The summed E-state index contributed by atoms with van der Waals surface area (Å²) in [6.07, 6.45) is 2.29. The van der Waals surface area contributed by atoms with Crippen LogP contribution in [0.25, 0.3) is 0 Å². The topological polar surface area (TPSA) is 6.48 Å². The van der Waals surface area contributed by atoms with Crippen LogP contribution in [0.3, 0.4) is 0 Å². The van der Waals surface area contributed by atoms with E-state index < -0.39 is 0 Å². The molecule has 1 fully saturated rings.